The second-order valence-corrected chi connectivity index (χ2v) is 7.87. The molecule has 0 radical (unpaired) electrons. The van der Waals surface area contributed by atoms with Gasteiger partial charge in [0.15, 0.2) is 5.76 Å². The van der Waals surface area contributed by atoms with Gasteiger partial charge < -0.3 is 24.4 Å². The summed E-state index contributed by atoms with van der Waals surface area (Å²) in [5.74, 6) is 1.63. The highest BCUT2D eigenvalue weighted by Gasteiger charge is 2.42. The van der Waals surface area contributed by atoms with Crippen molar-refractivity contribution in [1.82, 2.24) is 9.80 Å². The van der Waals surface area contributed by atoms with Gasteiger partial charge in [-0.15, -0.1) is 0 Å². The van der Waals surface area contributed by atoms with Crippen molar-refractivity contribution in [1.29, 1.82) is 0 Å². The molecule has 1 N–H and O–H groups in total. The van der Waals surface area contributed by atoms with Gasteiger partial charge in [0.2, 0.25) is 6.29 Å². The number of carbonyl (C=O) groups excluding carboxylic acids is 1. The van der Waals surface area contributed by atoms with Crippen molar-refractivity contribution in [2.75, 3.05) is 46.4 Å². The summed E-state index contributed by atoms with van der Waals surface area (Å²) in [5, 5.41) is 9.28. The minimum absolute atomic E-state index is 0.00716. The van der Waals surface area contributed by atoms with Crippen LogP contribution in [0.15, 0.2) is 11.8 Å². The molecular formula is C20H34N2O4. The van der Waals surface area contributed by atoms with Crippen molar-refractivity contribution in [3.63, 3.8) is 0 Å². The number of aliphatic hydroxyl groups is 1. The Kier molecular flexibility index (Phi) is 6.95. The Morgan fingerprint density at radius 2 is 2.04 bits per heavy atom. The molecule has 0 spiro atoms. The molecule has 3 atom stereocenters. The Labute approximate surface area is 157 Å². The Bertz CT molecular complexity index is 498. The van der Waals surface area contributed by atoms with Gasteiger partial charge >= 0.3 is 0 Å². The van der Waals surface area contributed by atoms with Gasteiger partial charge in [0, 0.05) is 45.3 Å². The summed E-state index contributed by atoms with van der Waals surface area (Å²) in [4.78, 5) is 17.2. The molecule has 0 bridgehead atoms. The normalized spacial score (nSPS) is 30.5. The molecule has 26 heavy (non-hydrogen) atoms. The average Bonchev–Trinajstić information content (AvgIpc) is 2.59. The molecule has 3 rings (SSSR count). The van der Waals surface area contributed by atoms with Crippen LogP contribution in [0.3, 0.4) is 0 Å². The summed E-state index contributed by atoms with van der Waals surface area (Å²) in [5.41, 5.74) is 0. The summed E-state index contributed by atoms with van der Waals surface area (Å²) < 4.78 is 12.0. The molecule has 6 heteroatoms. The number of carbonyl (C=O) groups is 1. The van der Waals surface area contributed by atoms with Gasteiger partial charge in [-0.05, 0) is 57.6 Å². The Hall–Kier alpha value is -1.11. The van der Waals surface area contributed by atoms with Crippen molar-refractivity contribution in [3.05, 3.63) is 11.8 Å². The first-order valence-corrected chi connectivity index (χ1v) is 10.2. The topological polar surface area (TPSA) is 62.2 Å². The third kappa shape index (κ3) is 4.41. The largest absolute Gasteiger partial charge is 0.459 e. The third-order valence-corrected chi connectivity index (χ3v) is 6.15. The van der Waals surface area contributed by atoms with E-state index >= 15 is 0 Å². The molecule has 6 nitrogen and oxygen atoms in total. The maximum absolute atomic E-state index is 13.0. The molecule has 1 saturated carbocycles. The second kappa shape index (κ2) is 9.20. The molecule has 2 aliphatic heterocycles. The molecule has 2 heterocycles. The average molecular weight is 367 g/mol. The van der Waals surface area contributed by atoms with E-state index in [2.05, 4.69) is 18.0 Å². The van der Waals surface area contributed by atoms with Gasteiger partial charge in [0.25, 0.3) is 5.91 Å². The Morgan fingerprint density at radius 1 is 1.31 bits per heavy atom. The van der Waals surface area contributed by atoms with Crippen molar-refractivity contribution in [3.8, 4) is 0 Å². The number of nitrogens with zero attached hydrogens (tertiary/aromatic N) is 2. The highest BCUT2D eigenvalue weighted by atomic mass is 16.7. The van der Waals surface area contributed by atoms with E-state index < -0.39 is 0 Å². The van der Waals surface area contributed by atoms with Gasteiger partial charge in [-0.1, -0.05) is 6.42 Å². The monoisotopic (exact) mass is 366 g/mol. The number of rotatable bonds is 7. The van der Waals surface area contributed by atoms with E-state index in [-0.39, 0.29) is 24.7 Å². The summed E-state index contributed by atoms with van der Waals surface area (Å²) in [6.45, 7) is 6.01. The zero-order valence-corrected chi connectivity index (χ0v) is 16.2. The lowest BCUT2D eigenvalue weighted by molar-refractivity contribution is -0.181. The van der Waals surface area contributed by atoms with E-state index in [0.29, 0.717) is 24.2 Å². The fraction of sp³-hybridized carbons (Fsp3) is 0.850. The molecule has 1 aliphatic carbocycles. The van der Waals surface area contributed by atoms with Gasteiger partial charge in [-0.25, -0.2) is 0 Å². The summed E-state index contributed by atoms with van der Waals surface area (Å²) in [6.07, 6.45) is 7.02. The highest BCUT2D eigenvalue weighted by Crippen LogP contribution is 2.44. The van der Waals surface area contributed by atoms with Crippen LogP contribution in [-0.2, 0) is 14.3 Å². The quantitative estimate of drug-likeness (QED) is 0.745. The first-order chi connectivity index (χ1) is 12.6. The second-order valence-electron chi connectivity index (χ2n) is 7.87. The SMILES string of the molecule is CCO[C@@H]1OC(C(=O)N2CCN(C)CC2)=C[C@H](C2CCC2)[C@@H]1CCCO. The number of ether oxygens (including phenoxy) is 2. The molecule has 1 amide bonds. The molecule has 0 aromatic heterocycles. The number of allylic oxidation sites excluding steroid dienone is 1. The molecular weight excluding hydrogens is 332 g/mol. The number of hydrogen-bond donors (Lipinski definition) is 1. The maximum Gasteiger partial charge on any atom is 0.288 e. The van der Waals surface area contributed by atoms with Crippen LogP contribution in [0.25, 0.3) is 0 Å². The number of aliphatic hydroxyl groups excluding tert-OH is 1. The van der Waals surface area contributed by atoms with Crippen molar-refractivity contribution >= 4 is 5.91 Å². The van der Waals surface area contributed by atoms with Gasteiger partial charge in [-0.3, -0.25) is 4.79 Å². The van der Waals surface area contributed by atoms with Crippen LogP contribution in [0.1, 0.15) is 39.0 Å². The molecule has 2 fully saturated rings. The molecule has 3 aliphatic rings. The fourth-order valence-electron chi connectivity index (χ4n) is 4.31. The summed E-state index contributed by atoms with van der Waals surface area (Å²) >= 11 is 0. The third-order valence-electron chi connectivity index (χ3n) is 6.15. The van der Waals surface area contributed by atoms with Gasteiger partial charge in [0.05, 0.1) is 0 Å². The zero-order chi connectivity index (χ0) is 18.5. The first-order valence-electron chi connectivity index (χ1n) is 10.2. The van der Waals surface area contributed by atoms with Crippen LogP contribution >= 0.6 is 0 Å². The van der Waals surface area contributed by atoms with Crippen molar-refractivity contribution < 1.29 is 19.4 Å². The Morgan fingerprint density at radius 3 is 2.62 bits per heavy atom. The van der Waals surface area contributed by atoms with E-state index in [1.54, 1.807) is 0 Å². The van der Waals surface area contributed by atoms with Crippen LogP contribution < -0.4 is 0 Å². The highest BCUT2D eigenvalue weighted by molar-refractivity contribution is 5.91. The fourth-order valence-corrected chi connectivity index (χ4v) is 4.31. The van der Waals surface area contributed by atoms with Crippen molar-refractivity contribution in [2.45, 2.75) is 45.3 Å². The van der Waals surface area contributed by atoms with Crippen LogP contribution in [0, 0.1) is 17.8 Å². The van der Waals surface area contributed by atoms with E-state index in [1.165, 1.54) is 19.3 Å². The lowest BCUT2D eigenvalue weighted by atomic mass is 9.68. The number of piperazine rings is 1. The maximum atomic E-state index is 13.0. The lowest BCUT2D eigenvalue weighted by Crippen LogP contribution is -2.49. The minimum atomic E-state index is -0.381. The van der Waals surface area contributed by atoms with E-state index in [1.807, 2.05) is 11.8 Å². The van der Waals surface area contributed by atoms with E-state index in [4.69, 9.17) is 9.47 Å². The number of hydrogen-bond acceptors (Lipinski definition) is 5. The van der Waals surface area contributed by atoms with E-state index in [0.717, 1.165) is 39.0 Å². The first kappa shape index (κ1) is 19.6. The molecule has 0 aromatic carbocycles. The smallest absolute Gasteiger partial charge is 0.288 e. The molecule has 1 saturated heterocycles. The lowest BCUT2D eigenvalue weighted by Gasteiger charge is -2.44. The van der Waals surface area contributed by atoms with Crippen molar-refractivity contribution in [2.24, 2.45) is 17.8 Å². The molecule has 148 valence electrons. The number of amides is 1. The van der Waals surface area contributed by atoms with Crippen LogP contribution in [-0.4, -0.2) is 73.5 Å². The summed E-state index contributed by atoms with van der Waals surface area (Å²) in [7, 11) is 2.09. The molecule has 0 aromatic rings. The molecule has 0 unspecified atom stereocenters. The predicted molar refractivity (Wildman–Crippen MR) is 99.3 cm³/mol. The van der Waals surface area contributed by atoms with Crippen LogP contribution in [0.5, 0.6) is 0 Å². The van der Waals surface area contributed by atoms with Gasteiger partial charge in [0.1, 0.15) is 0 Å². The standard InChI is InChI=1S/C20H34N2O4/c1-3-25-20-16(8-5-13-23)17(15-6-4-7-15)14-18(26-20)19(24)22-11-9-21(2)10-12-22/h14-17,20,23H,3-13H2,1-2H3/t16-,17+,20+/m0/s1. The van der Waals surface area contributed by atoms with Crippen LogP contribution in [0.4, 0.5) is 0 Å². The van der Waals surface area contributed by atoms with Crippen LogP contribution in [0.2, 0.25) is 0 Å². The number of likely N-dealkylation sites (N-methyl/N-ethyl adjacent to an activating group) is 1. The summed E-state index contributed by atoms with van der Waals surface area (Å²) in [6, 6.07) is 0. The van der Waals surface area contributed by atoms with Gasteiger partial charge in [-0.2, -0.15) is 0 Å². The van der Waals surface area contributed by atoms with E-state index in [9.17, 15) is 9.90 Å². The predicted octanol–water partition coefficient (Wildman–Crippen LogP) is 1.84. The minimum Gasteiger partial charge on any atom is -0.459 e. The Balaban J connectivity index is 1.77. The zero-order valence-electron chi connectivity index (χ0n) is 16.2.